The number of carboxylic acids is 1. The number of aliphatic hydroxyl groups excluding tert-OH is 5. The van der Waals surface area contributed by atoms with Crippen molar-refractivity contribution in [1.29, 1.82) is 0 Å². The van der Waals surface area contributed by atoms with Crippen LogP contribution in [0, 0.1) is 17.8 Å². The summed E-state index contributed by atoms with van der Waals surface area (Å²) in [7, 11) is -9.68. The third kappa shape index (κ3) is 16.7. The minimum atomic E-state index is -5.41. The molecule has 0 bridgehead atoms. The van der Waals surface area contributed by atoms with Gasteiger partial charge in [0.15, 0.2) is 24.8 Å². The van der Waals surface area contributed by atoms with E-state index in [0.29, 0.717) is 6.42 Å². The molecule has 4 rings (SSSR count). The SMILES string of the molecule is CC[C@@H]1CC(C(=O)CCCNC(=O)[C@@H](OS(=O)(=O)O)[C@@H](COC)OS(=O)(=O)O)C[C@@H](O[C@@H]2O[C@@H](CO)[C@H](O)C(O[C@@H](CC3CCCCC3)C(=O)O)C2NC(C)=O)C1O[C@@H]1OC(C)[C@@H](O)[C@H](O)C1O. The lowest BCUT2D eigenvalue weighted by Gasteiger charge is -2.49. The van der Waals surface area contributed by atoms with Crippen LogP contribution >= 0.6 is 0 Å². The van der Waals surface area contributed by atoms with Gasteiger partial charge in [0.25, 0.3) is 5.91 Å². The Balaban J connectivity index is 1.61. The zero-order valence-electron chi connectivity index (χ0n) is 38.2. The van der Waals surface area contributed by atoms with Gasteiger partial charge >= 0.3 is 26.8 Å². The average molecular weight is 1030 g/mol. The topological polar surface area (TPSA) is 396 Å². The molecule has 2 saturated carbocycles. The van der Waals surface area contributed by atoms with E-state index in [0.717, 1.165) is 46.1 Å². The largest absolute Gasteiger partial charge is 0.479 e. The van der Waals surface area contributed by atoms with Crippen LogP contribution in [0.3, 0.4) is 0 Å². The quantitative estimate of drug-likeness (QED) is 0.0346. The summed E-state index contributed by atoms with van der Waals surface area (Å²) in [4.78, 5) is 52.4. The zero-order valence-corrected chi connectivity index (χ0v) is 39.9. The van der Waals surface area contributed by atoms with E-state index >= 15 is 0 Å². The standard InChI is InChI=1S/C40H68N2O24S2/c1-5-22-15-23(24(45)12-9-13-41-37(50)35(66-68(56,57)58)28(18-59-4)65-67(53,54)55)16-25(34(22)64-40-33(49)32(48)30(46)19(2)60-40)62-39-29(42-20(3)44)36(31(47)27(17-43)63-39)61-26(38(51)52)14-21-10-7-6-8-11-21/h19,21-23,25-36,39-40,43,46-49H,5-18H2,1-4H3,(H,41,50)(H,42,44)(H,51,52)(H,53,54,55)(H,56,57,58)/t19?,22-,23?,25-,26+,27+,28-,29?,30-,31+,32+,33?,34?,35+,36?,39-,40+/m1/s1. The van der Waals surface area contributed by atoms with E-state index in [1.54, 1.807) is 6.92 Å². The van der Waals surface area contributed by atoms with E-state index in [2.05, 4.69) is 19.0 Å². The summed E-state index contributed by atoms with van der Waals surface area (Å²) in [6.07, 6.45) is -17.6. The number of aliphatic carboxylic acids is 1. The van der Waals surface area contributed by atoms with Crippen molar-refractivity contribution < 1.29 is 113 Å². The van der Waals surface area contributed by atoms with Crippen LogP contribution in [0.4, 0.5) is 0 Å². The number of hydrogen-bond donors (Lipinski definition) is 10. The lowest BCUT2D eigenvalue weighted by atomic mass is 9.74. The van der Waals surface area contributed by atoms with Crippen molar-refractivity contribution >= 4 is 44.4 Å². The summed E-state index contributed by atoms with van der Waals surface area (Å²) in [5.74, 6) is -5.11. The third-order valence-electron chi connectivity index (χ3n) is 12.7. The van der Waals surface area contributed by atoms with Crippen LogP contribution in [0.25, 0.3) is 0 Å². The van der Waals surface area contributed by atoms with E-state index in [1.165, 1.54) is 6.92 Å². The first kappa shape index (κ1) is 58.0. The maximum absolute atomic E-state index is 14.0. The Morgan fingerprint density at radius 2 is 1.50 bits per heavy atom. The summed E-state index contributed by atoms with van der Waals surface area (Å²) in [5.41, 5.74) is 0. The molecule has 0 aromatic carbocycles. The Morgan fingerprint density at radius 1 is 0.838 bits per heavy atom. The first-order valence-corrected chi connectivity index (χ1v) is 25.3. The number of carbonyl (C=O) groups is 4. The van der Waals surface area contributed by atoms with Gasteiger partial charge in [-0.1, -0.05) is 45.4 Å². The molecule has 10 N–H and O–H groups in total. The minimum Gasteiger partial charge on any atom is -0.479 e. The van der Waals surface area contributed by atoms with Crippen molar-refractivity contribution in [2.24, 2.45) is 17.8 Å². The molecule has 4 fully saturated rings. The summed E-state index contributed by atoms with van der Waals surface area (Å²) in [5, 5.41) is 68.9. The Kier molecular flexibility index (Phi) is 22.3. The van der Waals surface area contributed by atoms with Gasteiger partial charge in [-0.25, -0.2) is 13.2 Å². The summed E-state index contributed by atoms with van der Waals surface area (Å²) in [6, 6.07) is -1.42. The van der Waals surface area contributed by atoms with Gasteiger partial charge < -0.3 is 69.7 Å². The van der Waals surface area contributed by atoms with Gasteiger partial charge in [-0.2, -0.15) is 16.8 Å². The number of nitrogens with one attached hydrogen (secondary N) is 2. The molecule has 28 heteroatoms. The Bertz CT molecular complexity index is 1870. The van der Waals surface area contributed by atoms with Gasteiger partial charge in [-0.3, -0.25) is 23.5 Å². The number of carboxylic acid groups (broad SMARTS) is 1. The van der Waals surface area contributed by atoms with E-state index in [-0.39, 0.29) is 50.4 Å². The minimum absolute atomic E-state index is 0.00943. The number of aliphatic hydroxyl groups is 5. The normalized spacial score (nSPS) is 34.3. The van der Waals surface area contributed by atoms with E-state index < -0.39 is 156 Å². The monoisotopic (exact) mass is 1020 g/mol. The molecule has 17 atom stereocenters. The van der Waals surface area contributed by atoms with E-state index in [1.807, 2.05) is 0 Å². The first-order valence-electron chi connectivity index (χ1n) is 22.6. The predicted molar refractivity (Wildman–Crippen MR) is 227 cm³/mol. The molecule has 0 radical (unpaired) electrons. The fourth-order valence-electron chi connectivity index (χ4n) is 9.29. The number of Topliss-reactive ketones (excluding diaryl/α,β-unsaturated/α-hetero) is 1. The van der Waals surface area contributed by atoms with Crippen molar-refractivity contribution in [3.63, 3.8) is 0 Å². The molecule has 2 saturated heterocycles. The average Bonchev–Trinajstić information content (AvgIpc) is 3.26. The van der Waals surface area contributed by atoms with Crippen LogP contribution in [0.2, 0.25) is 0 Å². The lowest BCUT2D eigenvalue weighted by molar-refractivity contribution is -0.338. The molecule has 6 unspecified atom stereocenters. The maximum atomic E-state index is 14.0. The van der Waals surface area contributed by atoms with Gasteiger partial charge in [0.2, 0.25) is 5.91 Å². The van der Waals surface area contributed by atoms with E-state index in [4.69, 9.17) is 33.0 Å². The fraction of sp³-hybridized carbons (Fsp3) is 0.900. The van der Waals surface area contributed by atoms with Crippen LogP contribution in [0.5, 0.6) is 0 Å². The fourth-order valence-corrected chi connectivity index (χ4v) is 10.2. The molecule has 26 nitrogen and oxygen atoms in total. The second-order valence-electron chi connectivity index (χ2n) is 17.7. The number of hydrogen-bond acceptors (Lipinski definition) is 21. The predicted octanol–water partition coefficient (Wildman–Crippen LogP) is -2.10. The third-order valence-corrected chi connectivity index (χ3v) is 13.7. The molecule has 0 aromatic heterocycles. The van der Waals surface area contributed by atoms with Crippen LogP contribution in [0.1, 0.15) is 91.4 Å². The lowest BCUT2D eigenvalue weighted by Crippen LogP contribution is -2.67. The Labute approximate surface area is 394 Å². The number of ether oxygens (including phenoxy) is 6. The molecule has 0 aromatic rings. The van der Waals surface area contributed by atoms with Crippen molar-refractivity contribution in [3.05, 3.63) is 0 Å². The Morgan fingerprint density at radius 3 is 2.07 bits per heavy atom. The molecule has 2 amide bonds. The summed E-state index contributed by atoms with van der Waals surface area (Å²) < 4.78 is 109. The highest BCUT2D eigenvalue weighted by atomic mass is 32.3. The summed E-state index contributed by atoms with van der Waals surface area (Å²) in [6.45, 7) is 2.39. The molecular weight excluding hydrogens is 957 g/mol. The van der Waals surface area contributed by atoms with Crippen LogP contribution in [-0.4, -0.2) is 199 Å². The molecule has 394 valence electrons. The van der Waals surface area contributed by atoms with Gasteiger partial charge in [-0.15, -0.1) is 0 Å². The molecule has 2 heterocycles. The van der Waals surface area contributed by atoms with Gasteiger partial charge in [0.05, 0.1) is 31.5 Å². The number of carbonyl (C=O) groups excluding carboxylic acids is 3. The highest BCUT2D eigenvalue weighted by Gasteiger charge is 2.53. The smallest absolute Gasteiger partial charge is 0.398 e. The number of amides is 2. The molecule has 2 aliphatic carbocycles. The second-order valence-corrected chi connectivity index (χ2v) is 19.8. The number of ketones is 1. The highest BCUT2D eigenvalue weighted by Crippen LogP contribution is 2.40. The van der Waals surface area contributed by atoms with Crippen LogP contribution in [-0.2, 0) is 76.8 Å². The molecular formula is C40H68N2O24S2. The van der Waals surface area contributed by atoms with Crippen molar-refractivity contribution in [2.75, 3.05) is 26.9 Å². The number of methoxy groups -OCH3 is 1. The number of rotatable bonds is 25. The van der Waals surface area contributed by atoms with Crippen LogP contribution < -0.4 is 10.6 Å². The van der Waals surface area contributed by atoms with Crippen molar-refractivity contribution in [3.8, 4) is 0 Å². The van der Waals surface area contributed by atoms with Crippen LogP contribution in [0.15, 0.2) is 0 Å². The second kappa shape index (κ2) is 26.2. The van der Waals surface area contributed by atoms with Gasteiger partial charge in [0.1, 0.15) is 54.6 Å². The summed E-state index contributed by atoms with van der Waals surface area (Å²) >= 11 is 0. The van der Waals surface area contributed by atoms with Crippen molar-refractivity contribution in [2.45, 2.75) is 183 Å². The first-order chi connectivity index (χ1) is 31.9. The van der Waals surface area contributed by atoms with Gasteiger partial charge in [0, 0.05) is 32.9 Å². The maximum Gasteiger partial charge on any atom is 0.398 e. The molecule has 4 aliphatic rings. The zero-order chi connectivity index (χ0) is 50.7. The van der Waals surface area contributed by atoms with Gasteiger partial charge in [-0.05, 0) is 44.4 Å². The van der Waals surface area contributed by atoms with Crippen molar-refractivity contribution in [1.82, 2.24) is 10.6 Å². The molecule has 0 spiro atoms. The highest BCUT2D eigenvalue weighted by molar-refractivity contribution is 7.81. The Hall–Kier alpha value is -2.62. The molecule has 68 heavy (non-hydrogen) atoms. The van der Waals surface area contributed by atoms with E-state index in [9.17, 15) is 71.2 Å². The molecule has 2 aliphatic heterocycles.